The molecular weight excluding hydrogens is 439 g/mol. The van der Waals surface area contributed by atoms with E-state index >= 15 is 0 Å². The molecule has 0 amide bonds. The lowest BCUT2D eigenvalue weighted by Gasteiger charge is -2.32. The Labute approximate surface area is 176 Å². The van der Waals surface area contributed by atoms with Crippen molar-refractivity contribution >= 4 is 29.9 Å². The van der Waals surface area contributed by atoms with Crippen molar-refractivity contribution in [1.82, 2.24) is 15.5 Å². The van der Waals surface area contributed by atoms with Crippen LogP contribution in [0, 0.1) is 5.92 Å². The van der Waals surface area contributed by atoms with E-state index in [1.54, 1.807) is 0 Å². The summed E-state index contributed by atoms with van der Waals surface area (Å²) >= 11 is 0. The number of benzene rings is 1. The minimum atomic E-state index is 0. The van der Waals surface area contributed by atoms with Crippen molar-refractivity contribution in [2.45, 2.75) is 40.2 Å². The first kappa shape index (κ1) is 23.0. The molecule has 148 valence electrons. The molecule has 0 bridgehead atoms. The van der Waals surface area contributed by atoms with Gasteiger partial charge < -0.3 is 20.3 Å². The third kappa shape index (κ3) is 7.70. The van der Waals surface area contributed by atoms with Gasteiger partial charge in [-0.3, -0.25) is 0 Å². The highest BCUT2D eigenvalue weighted by Crippen LogP contribution is 2.19. The predicted molar refractivity (Wildman–Crippen MR) is 121 cm³/mol. The second-order valence-electron chi connectivity index (χ2n) is 6.52. The summed E-state index contributed by atoms with van der Waals surface area (Å²) in [6.07, 6.45) is 2.60. The van der Waals surface area contributed by atoms with Crippen LogP contribution in [-0.2, 0) is 6.54 Å². The summed E-state index contributed by atoms with van der Waals surface area (Å²) in [6.45, 7) is 13.1. The third-order valence-electron chi connectivity index (χ3n) is 4.63. The summed E-state index contributed by atoms with van der Waals surface area (Å²) in [5.41, 5.74) is 1.12. The van der Waals surface area contributed by atoms with Crippen LogP contribution in [0.25, 0.3) is 0 Å². The molecular formula is C20H35IN4O. The molecule has 26 heavy (non-hydrogen) atoms. The summed E-state index contributed by atoms with van der Waals surface area (Å²) in [5.74, 6) is 2.52. The van der Waals surface area contributed by atoms with E-state index in [2.05, 4.69) is 35.4 Å². The molecule has 1 heterocycles. The van der Waals surface area contributed by atoms with Gasteiger partial charge >= 0.3 is 0 Å². The molecule has 6 heteroatoms. The van der Waals surface area contributed by atoms with E-state index in [1.165, 1.54) is 25.9 Å². The van der Waals surface area contributed by atoms with Gasteiger partial charge in [0.15, 0.2) is 5.96 Å². The lowest BCUT2D eigenvalue weighted by Crippen LogP contribution is -2.44. The van der Waals surface area contributed by atoms with Crippen molar-refractivity contribution < 1.29 is 4.74 Å². The number of hydrogen-bond donors (Lipinski definition) is 2. The van der Waals surface area contributed by atoms with Crippen molar-refractivity contribution in [2.75, 3.05) is 39.3 Å². The van der Waals surface area contributed by atoms with Gasteiger partial charge in [-0.2, -0.15) is 0 Å². The van der Waals surface area contributed by atoms with E-state index in [1.807, 2.05) is 25.1 Å². The molecule has 1 aromatic rings. The largest absolute Gasteiger partial charge is 0.494 e. The van der Waals surface area contributed by atoms with Gasteiger partial charge in [0.2, 0.25) is 0 Å². The normalized spacial score (nSPS) is 18.1. The zero-order valence-electron chi connectivity index (χ0n) is 16.5. The van der Waals surface area contributed by atoms with Crippen LogP contribution in [0.3, 0.4) is 0 Å². The maximum absolute atomic E-state index is 5.69. The van der Waals surface area contributed by atoms with Crippen molar-refractivity contribution in [3.63, 3.8) is 0 Å². The van der Waals surface area contributed by atoms with Gasteiger partial charge in [0.25, 0.3) is 0 Å². The maximum Gasteiger partial charge on any atom is 0.191 e. The van der Waals surface area contributed by atoms with Gasteiger partial charge in [-0.05, 0) is 51.8 Å². The van der Waals surface area contributed by atoms with Gasteiger partial charge in [-0.25, -0.2) is 4.99 Å². The number of hydrogen-bond acceptors (Lipinski definition) is 3. The maximum atomic E-state index is 5.69. The van der Waals surface area contributed by atoms with Crippen LogP contribution >= 0.6 is 24.0 Å². The fraction of sp³-hybridized carbons (Fsp3) is 0.650. The SMILES string of the molecule is CCNC(=NCc1ccccc1OCC)NCC1CCCN(CC)C1.I. The van der Waals surface area contributed by atoms with E-state index in [-0.39, 0.29) is 24.0 Å². The van der Waals surface area contributed by atoms with E-state index in [0.29, 0.717) is 19.1 Å². The highest BCUT2D eigenvalue weighted by Gasteiger charge is 2.18. The number of likely N-dealkylation sites (tertiary alicyclic amines) is 1. The number of para-hydroxylation sites is 1. The van der Waals surface area contributed by atoms with Crippen LogP contribution in [0.4, 0.5) is 0 Å². The quantitative estimate of drug-likeness (QED) is 0.344. The summed E-state index contributed by atoms with van der Waals surface area (Å²) in [5, 5.41) is 6.88. The van der Waals surface area contributed by atoms with Crippen molar-refractivity contribution in [2.24, 2.45) is 10.9 Å². The Bertz CT molecular complexity index is 538. The molecule has 1 aliphatic heterocycles. The second-order valence-corrected chi connectivity index (χ2v) is 6.52. The lowest BCUT2D eigenvalue weighted by molar-refractivity contribution is 0.183. The predicted octanol–water partition coefficient (Wildman–Crippen LogP) is 3.49. The number of halogens is 1. The first-order chi connectivity index (χ1) is 12.3. The topological polar surface area (TPSA) is 48.9 Å². The molecule has 0 spiro atoms. The molecule has 1 aromatic carbocycles. The summed E-state index contributed by atoms with van der Waals surface area (Å²) < 4.78 is 5.69. The average Bonchev–Trinajstić information content (AvgIpc) is 2.65. The molecule has 1 atom stereocenters. The minimum absolute atomic E-state index is 0. The molecule has 2 N–H and O–H groups in total. The van der Waals surface area contributed by atoms with Crippen LogP contribution in [0.1, 0.15) is 39.2 Å². The fourth-order valence-corrected chi connectivity index (χ4v) is 3.28. The Morgan fingerprint density at radius 1 is 1.23 bits per heavy atom. The molecule has 1 fully saturated rings. The monoisotopic (exact) mass is 474 g/mol. The van der Waals surface area contributed by atoms with Gasteiger partial charge in [0, 0.05) is 25.2 Å². The molecule has 0 aromatic heterocycles. The van der Waals surface area contributed by atoms with E-state index < -0.39 is 0 Å². The van der Waals surface area contributed by atoms with Gasteiger partial charge in [0.05, 0.1) is 13.2 Å². The van der Waals surface area contributed by atoms with Crippen molar-refractivity contribution in [1.29, 1.82) is 0 Å². The summed E-state index contributed by atoms with van der Waals surface area (Å²) in [4.78, 5) is 7.29. The fourth-order valence-electron chi connectivity index (χ4n) is 3.28. The molecule has 1 unspecified atom stereocenters. The molecule has 0 radical (unpaired) electrons. The molecule has 2 rings (SSSR count). The average molecular weight is 474 g/mol. The van der Waals surface area contributed by atoms with Crippen molar-refractivity contribution in [3.8, 4) is 5.75 Å². The molecule has 0 aliphatic carbocycles. The first-order valence-corrected chi connectivity index (χ1v) is 9.72. The van der Waals surface area contributed by atoms with Crippen LogP contribution in [0.2, 0.25) is 0 Å². The van der Waals surface area contributed by atoms with Gasteiger partial charge in [0.1, 0.15) is 5.75 Å². The Morgan fingerprint density at radius 3 is 2.77 bits per heavy atom. The van der Waals surface area contributed by atoms with Crippen LogP contribution in [0.5, 0.6) is 5.75 Å². The smallest absolute Gasteiger partial charge is 0.191 e. The Morgan fingerprint density at radius 2 is 2.04 bits per heavy atom. The number of ether oxygens (including phenoxy) is 1. The van der Waals surface area contributed by atoms with Crippen molar-refractivity contribution in [3.05, 3.63) is 29.8 Å². The lowest BCUT2D eigenvalue weighted by atomic mass is 9.98. The van der Waals surface area contributed by atoms with Gasteiger partial charge in [-0.1, -0.05) is 25.1 Å². The number of guanidine groups is 1. The van der Waals surface area contributed by atoms with E-state index in [0.717, 1.165) is 36.9 Å². The first-order valence-electron chi connectivity index (χ1n) is 9.72. The van der Waals surface area contributed by atoms with Crippen LogP contribution in [0.15, 0.2) is 29.3 Å². The number of nitrogens with one attached hydrogen (secondary N) is 2. The zero-order chi connectivity index (χ0) is 17.9. The van der Waals surface area contributed by atoms with E-state index in [4.69, 9.17) is 9.73 Å². The molecule has 1 saturated heterocycles. The highest BCUT2D eigenvalue weighted by atomic mass is 127. The van der Waals surface area contributed by atoms with E-state index in [9.17, 15) is 0 Å². The Hall–Kier alpha value is -1.02. The third-order valence-corrected chi connectivity index (χ3v) is 4.63. The number of rotatable bonds is 8. The number of nitrogens with zero attached hydrogens (tertiary/aromatic N) is 2. The Balaban J connectivity index is 0.00000338. The zero-order valence-corrected chi connectivity index (χ0v) is 18.8. The molecule has 1 aliphatic rings. The van der Waals surface area contributed by atoms with Crippen LogP contribution in [-0.4, -0.2) is 50.2 Å². The molecule has 0 saturated carbocycles. The second kappa shape index (κ2) is 13.2. The summed E-state index contributed by atoms with van der Waals surface area (Å²) in [7, 11) is 0. The number of aliphatic imine (C=N–C) groups is 1. The molecule has 5 nitrogen and oxygen atoms in total. The summed E-state index contributed by atoms with van der Waals surface area (Å²) in [6, 6.07) is 8.13. The standard InChI is InChI=1S/C20H34N4O.HI/c1-4-21-20(22-14-17-10-9-13-24(5-2)16-17)23-15-18-11-7-8-12-19(18)25-6-3;/h7-8,11-12,17H,4-6,9-10,13-16H2,1-3H3,(H2,21,22,23);1H. The number of piperidine rings is 1. The minimum Gasteiger partial charge on any atom is -0.494 e. The Kier molecular flexibility index (Phi) is 11.7. The highest BCUT2D eigenvalue weighted by molar-refractivity contribution is 14.0. The van der Waals surface area contributed by atoms with Crippen LogP contribution < -0.4 is 15.4 Å². The van der Waals surface area contributed by atoms with Gasteiger partial charge in [-0.15, -0.1) is 24.0 Å².